The van der Waals surface area contributed by atoms with Crippen LogP contribution in [0.2, 0.25) is 0 Å². The van der Waals surface area contributed by atoms with Crippen molar-refractivity contribution in [1.29, 1.82) is 0 Å². The highest BCUT2D eigenvalue weighted by atomic mass is 19.4. The molecule has 1 amide bonds. The molecule has 4 aromatic rings. The summed E-state index contributed by atoms with van der Waals surface area (Å²) in [6.07, 6.45) is -4.96. The van der Waals surface area contributed by atoms with E-state index in [1.807, 2.05) is 13.8 Å². The maximum atomic E-state index is 13.9. The van der Waals surface area contributed by atoms with E-state index in [9.17, 15) is 22.8 Å². The van der Waals surface area contributed by atoms with Crippen LogP contribution in [-0.2, 0) is 10.9 Å². The first-order valence-corrected chi connectivity index (χ1v) is 12.0. The molecule has 0 saturated carbocycles. The van der Waals surface area contributed by atoms with E-state index in [1.54, 1.807) is 23.1 Å². The summed E-state index contributed by atoms with van der Waals surface area (Å²) in [7, 11) is 0. The van der Waals surface area contributed by atoms with E-state index in [0.29, 0.717) is 29.9 Å². The number of anilines is 1. The number of nitrogens with one attached hydrogen (secondary N) is 2. The number of ether oxygens (including phenoxy) is 1. The molecule has 1 aliphatic rings. The van der Waals surface area contributed by atoms with Gasteiger partial charge in [-0.1, -0.05) is 0 Å². The average molecular weight is 531 g/mol. The minimum atomic E-state index is -4.72. The van der Waals surface area contributed by atoms with Crippen LogP contribution in [0.15, 0.2) is 33.5 Å². The predicted molar refractivity (Wildman–Crippen MR) is 132 cm³/mol. The Kier molecular flexibility index (Phi) is 6.33. The highest BCUT2D eigenvalue weighted by molar-refractivity contribution is 5.93. The first-order valence-electron chi connectivity index (χ1n) is 12.0. The second-order valence-electron chi connectivity index (χ2n) is 9.47. The third kappa shape index (κ3) is 4.93. The molecule has 1 fully saturated rings. The number of carbonyl (C=O) groups excluding carboxylic acids is 1. The number of pyridine rings is 1. The molecule has 0 aliphatic carbocycles. The molecule has 38 heavy (non-hydrogen) atoms. The molecule has 1 aromatic carbocycles. The van der Waals surface area contributed by atoms with Crippen LogP contribution in [-0.4, -0.2) is 56.0 Å². The van der Waals surface area contributed by atoms with Crippen LogP contribution in [0.25, 0.3) is 22.1 Å². The number of fused-ring (bicyclic) bond motifs is 2. The Balaban J connectivity index is 1.44. The molecule has 0 spiro atoms. The number of hydrogen-bond donors (Lipinski definition) is 2. The van der Waals surface area contributed by atoms with Crippen LogP contribution in [0.5, 0.6) is 0 Å². The first kappa shape index (κ1) is 25.6. The van der Waals surface area contributed by atoms with Gasteiger partial charge in [0.1, 0.15) is 11.3 Å². The maximum Gasteiger partial charge on any atom is 0.418 e. The molecule has 3 aromatic heterocycles. The number of hydrogen-bond acceptors (Lipinski definition) is 8. The highest BCUT2D eigenvalue weighted by Crippen LogP contribution is 2.36. The molecule has 200 valence electrons. The first-order chi connectivity index (χ1) is 17.9. The molecule has 4 heterocycles. The fourth-order valence-electron chi connectivity index (χ4n) is 4.66. The summed E-state index contributed by atoms with van der Waals surface area (Å²) >= 11 is 0. The van der Waals surface area contributed by atoms with Crippen molar-refractivity contribution in [2.75, 3.05) is 18.4 Å². The lowest BCUT2D eigenvalue weighted by molar-refractivity contribution is -0.138. The summed E-state index contributed by atoms with van der Waals surface area (Å²) in [6.45, 7) is 7.55. The predicted octanol–water partition coefficient (Wildman–Crippen LogP) is 4.21. The largest absolute Gasteiger partial charge is 0.432 e. The van der Waals surface area contributed by atoms with E-state index in [0.717, 1.165) is 6.07 Å². The number of halogens is 3. The monoisotopic (exact) mass is 530 g/mol. The van der Waals surface area contributed by atoms with E-state index in [4.69, 9.17) is 9.15 Å². The Morgan fingerprint density at radius 2 is 1.84 bits per heavy atom. The van der Waals surface area contributed by atoms with Gasteiger partial charge in [-0.15, -0.1) is 0 Å². The number of nitrogens with zero attached hydrogens (tertiary/aromatic N) is 4. The summed E-state index contributed by atoms with van der Waals surface area (Å²) in [5.41, 5.74) is -1.17. The third-order valence-electron chi connectivity index (χ3n) is 6.21. The van der Waals surface area contributed by atoms with Gasteiger partial charge >= 0.3 is 12.1 Å². The zero-order chi connectivity index (χ0) is 27.4. The van der Waals surface area contributed by atoms with Crippen LogP contribution >= 0.6 is 0 Å². The lowest BCUT2D eigenvalue weighted by Gasteiger charge is -2.34. The Morgan fingerprint density at radius 1 is 1.13 bits per heavy atom. The van der Waals surface area contributed by atoms with Crippen molar-refractivity contribution >= 4 is 33.7 Å². The van der Waals surface area contributed by atoms with Gasteiger partial charge in [-0.2, -0.15) is 13.2 Å². The number of carbonyl (C=O) groups is 1. The number of morpholine rings is 1. The second-order valence-corrected chi connectivity index (χ2v) is 9.47. The fourth-order valence-corrected chi connectivity index (χ4v) is 4.66. The minimum Gasteiger partial charge on any atom is -0.432 e. The highest BCUT2D eigenvalue weighted by Gasteiger charge is 2.37. The number of aromatic nitrogens is 4. The fraction of sp³-hybridized carbons (Fsp3) is 0.400. The van der Waals surface area contributed by atoms with Crippen molar-refractivity contribution in [1.82, 2.24) is 24.8 Å². The number of rotatable bonds is 4. The summed E-state index contributed by atoms with van der Waals surface area (Å²) < 4.78 is 53.1. The topological polar surface area (TPSA) is 126 Å². The van der Waals surface area contributed by atoms with Gasteiger partial charge < -0.3 is 24.4 Å². The molecule has 1 aliphatic heterocycles. The van der Waals surface area contributed by atoms with Gasteiger partial charge in [-0.05, 0) is 45.9 Å². The van der Waals surface area contributed by atoms with Crippen LogP contribution in [0, 0.1) is 6.92 Å². The summed E-state index contributed by atoms with van der Waals surface area (Å²) in [4.78, 5) is 41.7. The van der Waals surface area contributed by atoms with E-state index in [1.165, 1.54) is 13.8 Å². The molecule has 1 saturated heterocycles. The maximum absolute atomic E-state index is 13.9. The lowest BCUT2D eigenvalue weighted by Crippen LogP contribution is -2.48. The Morgan fingerprint density at radius 3 is 2.53 bits per heavy atom. The number of aryl methyl sites for hydroxylation is 1. The standard InChI is InChI=1S/C25H25F3N6O4/c1-11-9-34(10-12(2)37-11)24(36)23-32-17-6-5-15(7-19(17)38-23)29-13(3)20-16(25(26,27)28)8-18-21(33-20)22(35)31-14(4)30-18/h5-8,11-13,29H,9-10H2,1-4H3,(H,30,31,35). The molecule has 3 unspecified atom stereocenters. The van der Waals surface area contributed by atoms with Gasteiger partial charge in [-0.25, -0.2) is 15.0 Å². The van der Waals surface area contributed by atoms with Crippen LogP contribution in [0.1, 0.15) is 54.6 Å². The van der Waals surface area contributed by atoms with Crippen LogP contribution in [0.3, 0.4) is 0 Å². The lowest BCUT2D eigenvalue weighted by atomic mass is 10.1. The normalized spacial score (nSPS) is 19.2. The minimum absolute atomic E-state index is 0.0796. The quantitative estimate of drug-likeness (QED) is 0.402. The second kappa shape index (κ2) is 9.39. The van der Waals surface area contributed by atoms with E-state index in [-0.39, 0.29) is 46.6 Å². The Hall–Kier alpha value is -4.00. The van der Waals surface area contributed by atoms with Crippen molar-refractivity contribution in [2.24, 2.45) is 0 Å². The van der Waals surface area contributed by atoms with Crippen molar-refractivity contribution in [3.8, 4) is 0 Å². The molecular formula is C25H25F3N6O4. The van der Waals surface area contributed by atoms with E-state index in [2.05, 4.69) is 25.3 Å². The number of alkyl halides is 3. The Labute approximate surface area is 214 Å². The van der Waals surface area contributed by atoms with Crippen molar-refractivity contribution in [3.05, 3.63) is 57.6 Å². The third-order valence-corrected chi connectivity index (χ3v) is 6.21. The van der Waals surface area contributed by atoms with Gasteiger partial charge in [-0.3, -0.25) is 9.59 Å². The Bertz CT molecular complexity index is 1590. The van der Waals surface area contributed by atoms with Crippen molar-refractivity contribution in [2.45, 2.75) is 52.1 Å². The molecule has 13 heteroatoms. The van der Waals surface area contributed by atoms with Gasteiger partial charge in [0.2, 0.25) is 0 Å². The van der Waals surface area contributed by atoms with Crippen molar-refractivity contribution in [3.63, 3.8) is 0 Å². The number of benzene rings is 1. The van der Waals surface area contributed by atoms with Gasteiger partial charge in [0.05, 0.1) is 35.0 Å². The molecule has 0 radical (unpaired) electrons. The number of amides is 1. The molecule has 0 bridgehead atoms. The molecular weight excluding hydrogens is 505 g/mol. The van der Waals surface area contributed by atoms with Crippen LogP contribution in [0.4, 0.5) is 18.9 Å². The van der Waals surface area contributed by atoms with E-state index < -0.39 is 23.3 Å². The zero-order valence-corrected chi connectivity index (χ0v) is 21.0. The summed E-state index contributed by atoms with van der Waals surface area (Å²) in [5, 5.41) is 2.98. The van der Waals surface area contributed by atoms with Crippen LogP contribution < -0.4 is 10.9 Å². The summed E-state index contributed by atoms with van der Waals surface area (Å²) in [6, 6.07) is 4.65. The molecule has 5 rings (SSSR count). The van der Waals surface area contributed by atoms with Gasteiger partial charge in [0.25, 0.3) is 11.4 Å². The SMILES string of the molecule is Cc1nc2cc(C(F)(F)F)c(C(C)Nc3ccc4nc(C(=O)N5CC(C)OC(C)C5)oc4c3)nc2c(=O)[nH]1. The molecule has 3 atom stereocenters. The number of aromatic amines is 1. The smallest absolute Gasteiger partial charge is 0.418 e. The van der Waals surface area contributed by atoms with Gasteiger partial charge in [0, 0.05) is 24.8 Å². The molecule has 2 N–H and O–H groups in total. The van der Waals surface area contributed by atoms with E-state index >= 15 is 0 Å². The number of oxazole rings is 1. The molecule has 10 nitrogen and oxygen atoms in total. The van der Waals surface area contributed by atoms with Gasteiger partial charge in [0.15, 0.2) is 11.1 Å². The zero-order valence-electron chi connectivity index (χ0n) is 21.0. The summed E-state index contributed by atoms with van der Waals surface area (Å²) in [5.74, 6) is -0.258. The average Bonchev–Trinajstić information content (AvgIpc) is 3.25. The number of H-pyrrole nitrogens is 1. The van der Waals surface area contributed by atoms with Crippen molar-refractivity contribution < 1.29 is 27.1 Å².